The maximum Gasteiger partial charge on any atom is 0.156 e. The molecule has 0 bridgehead atoms. The van der Waals surface area contributed by atoms with E-state index in [0.29, 0.717) is 10.8 Å². The van der Waals surface area contributed by atoms with E-state index < -0.39 is 0 Å². The summed E-state index contributed by atoms with van der Waals surface area (Å²) in [6.45, 7) is 1.76. The zero-order valence-corrected chi connectivity index (χ0v) is 7.24. The molecule has 0 aliphatic rings. The third kappa shape index (κ3) is 1.74. The van der Waals surface area contributed by atoms with Gasteiger partial charge in [0.25, 0.3) is 0 Å². The van der Waals surface area contributed by atoms with Crippen LogP contribution in [-0.4, -0.2) is 10.2 Å². The van der Waals surface area contributed by atoms with Crippen molar-refractivity contribution >= 4 is 28.9 Å². The normalized spacial score (nSPS) is 9.82. The fraction of sp³-hybridized carbons (Fsp3) is 0.167. The van der Waals surface area contributed by atoms with E-state index in [0.717, 1.165) is 5.56 Å². The molecule has 5 heteroatoms. The molecule has 0 saturated heterocycles. The van der Waals surface area contributed by atoms with Gasteiger partial charge in [0.1, 0.15) is 10.8 Å². The lowest BCUT2D eigenvalue weighted by Gasteiger charge is -2.04. The fourth-order valence-electron chi connectivity index (χ4n) is 0.730. The first kappa shape index (κ1) is 8.59. The lowest BCUT2D eigenvalue weighted by atomic mass is 10.3. The van der Waals surface area contributed by atoms with Crippen molar-refractivity contribution in [3.05, 3.63) is 21.9 Å². The summed E-state index contributed by atoms with van der Waals surface area (Å²) >= 11 is 11.2. The van der Waals surface area contributed by atoms with Gasteiger partial charge in [-0.25, -0.2) is 4.98 Å². The quantitative estimate of drug-likeness (QED) is 0.531. The van der Waals surface area contributed by atoms with E-state index >= 15 is 0 Å². The molecule has 0 atom stereocenters. The van der Waals surface area contributed by atoms with Crippen molar-refractivity contribution in [2.24, 2.45) is 0 Å². The molecule has 1 heterocycles. The number of hydrogen-bond donors (Lipinski definition) is 2. The molecule has 0 fully saturated rings. The van der Waals surface area contributed by atoms with Crippen LogP contribution in [0.15, 0.2) is 6.07 Å². The van der Waals surface area contributed by atoms with E-state index in [-0.39, 0.29) is 5.15 Å². The molecular weight excluding hydrogens is 187 g/mol. The van der Waals surface area contributed by atoms with Gasteiger partial charge in [0.2, 0.25) is 0 Å². The minimum absolute atomic E-state index is 0.164. The van der Waals surface area contributed by atoms with E-state index in [2.05, 4.69) is 4.98 Å². The van der Waals surface area contributed by atoms with Gasteiger partial charge in [-0.2, -0.15) is 0 Å². The van der Waals surface area contributed by atoms with Crippen molar-refractivity contribution < 1.29 is 5.21 Å². The summed E-state index contributed by atoms with van der Waals surface area (Å²) in [4.78, 5) is 3.71. The van der Waals surface area contributed by atoms with Crippen molar-refractivity contribution in [1.82, 2.24) is 4.98 Å². The number of aryl methyl sites for hydroxylation is 1. The predicted molar refractivity (Wildman–Crippen MR) is 44.4 cm³/mol. The summed E-state index contributed by atoms with van der Waals surface area (Å²) in [5.74, 6) is 0. The zero-order valence-electron chi connectivity index (χ0n) is 5.73. The number of hydrogen-bond acceptors (Lipinski definition) is 3. The van der Waals surface area contributed by atoms with Gasteiger partial charge >= 0.3 is 0 Å². The molecule has 1 rings (SSSR count). The fourth-order valence-corrected chi connectivity index (χ4v) is 1.30. The Kier molecular flexibility index (Phi) is 2.54. The van der Waals surface area contributed by atoms with E-state index in [4.69, 9.17) is 28.4 Å². The highest BCUT2D eigenvalue weighted by Gasteiger charge is 2.05. The topological polar surface area (TPSA) is 45.2 Å². The van der Waals surface area contributed by atoms with Gasteiger partial charge in [-0.1, -0.05) is 23.2 Å². The molecule has 1 aromatic rings. The summed E-state index contributed by atoms with van der Waals surface area (Å²) in [6.07, 6.45) is 0. The molecule has 0 saturated carbocycles. The molecule has 3 nitrogen and oxygen atoms in total. The molecule has 0 aliphatic carbocycles. The van der Waals surface area contributed by atoms with Crippen molar-refractivity contribution in [1.29, 1.82) is 0 Å². The molecular formula is C6H6Cl2N2O. The maximum atomic E-state index is 8.57. The third-order valence-corrected chi connectivity index (χ3v) is 1.72. The summed E-state index contributed by atoms with van der Waals surface area (Å²) in [5, 5.41) is 9.05. The van der Waals surface area contributed by atoms with Gasteiger partial charge in [-0.15, -0.1) is 0 Å². The highest BCUT2D eigenvalue weighted by atomic mass is 35.5. The average molecular weight is 193 g/mol. The van der Waals surface area contributed by atoms with Crippen molar-refractivity contribution in [3.8, 4) is 0 Å². The standard InChI is InChI=1S/C6H6Cl2N2O/c1-3-2-4(7)9-6(8)5(3)10-11/h2,10-11H,1H3. The number of nitrogens with one attached hydrogen (secondary N) is 1. The smallest absolute Gasteiger partial charge is 0.156 e. The number of aromatic nitrogens is 1. The van der Waals surface area contributed by atoms with Crippen LogP contribution >= 0.6 is 23.2 Å². The van der Waals surface area contributed by atoms with Crippen LogP contribution in [-0.2, 0) is 0 Å². The summed E-state index contributed by atoms with van der Waals surface area (Å²) < 4.78 is 0. The zero-order chi connectivity index (χ0) is 8.43. The van der Waals surface area contributed by atoms with Crippen LogP contribution in [0.4, 0.5) is 5.69 Å². The van der Waals surface area contributed by atoms with Gasteiger partial charge in [0, 0.05) is 0 Å². The highest BCUT2D eigenvalue weighted by Crippen LogP contribution is 2.25. The van der Waals surface area contributed by atoms with Crippen LogP contribution in [0.3, 0.4) is 0 Å². The Balaban J connectivity index is 3.25. The van der Waals surface area contributed by atoms with Crippen LogP contribution in [0, 0.1) is 6.92 Å². The van der Waals surface area contributed by atoms with Gasteiger partial charge in [0.05, 0.1) is 0 Å². The average Bonchev–Trinajstić information content (AvgIpc) is 1.85. The molecule has 1 aromatic heterocycles. The summed E-state index contributed by atoms with van der Waals surface area (Å²) in [5.41, 5.74) is 3.07. The Morgan fingerprint density at radius 3 is 2.64 bits per heavy atom. The first-order chi connectivity index (χ1) is 5.15. The van der Waals surface area contributed by atoms with E-state index in [1.54, 1.807) is 13.0 Å². The van der Waals surface area contributed by atoms with Crippen molar-refractivity contribution in [3.63, 3.8) is 0 Å². The molecule has 60 valence electrons. The second-order valence-electron chi connectivity index (χ2n) is 2.04. The van der Waals surface area contributed by atoms with Crippen molar-refractivity contribution in [2.45, 2.75) is 6.92 Å². The lowest BCUT2D eigenvalue weighted by molar-refractivity contribution is 0.388. The van der Waals surface area contributed by atoms with Crippen LogP contribution in [0.2, 0.25) is 10.3 Å². The molecule has 0 aromatic carbocycles. The number of pyridine rings is 1. The van der Waals surface area contributed by atoms with E-state index in [9.17, 15) is 0 Å². The number of rotatable bonds is 1. The maximum absolute atomic E-state index is 8.57. The predicted octanol–water partition coefficient (Wildman–Crippen LogP) is 2.50. The largest absolute Gasteiger partial charge is 0.291 e. The SMILES string of the molecule is Cc1cc(Cl)nc(Cl)c1NO. The molecule has 0 spiro atoms. The van der Waals surface area contributed by atoms with Crippen LogP contribution in [0.1, 0.15) is 5.56 Å². The van der Waals surface area contributed by atoms with Crippen LogP contribution in [0.5, 0.6) is 0 Å². The molecule has 0 aliphatic heterocycles. The first-order valence-corrected chi connectivity index (χ1v) is 3.63. The summed E-state index contributed by atoms with van der Waals surface area (Å²) in [7, 11) is 0. The number of anilines is 1. The Labute approximate surface area is 73.9 Å². The molecule has 0 unspecified atom stereocenters. The molecule has 2 N–H and O–H groups in total. The monoisotopic (exact) mass is 192 g/mol. The first-order valence-electron chi connectivity index (χ1n) is 2.88. The second-order valence-corrected chi connectivity index (χ2v) is 2.78. The van der Waals surface area contributed by atoms with E-state index in [1.807, 2.05) is 5.48 Å². The minimum atomic E-state index is 0.164. The van der Waals surface area contributed by atoms with Gasteiger partial charge in [-0.3, -0.25) is 10.7 Å². The van der Waals surface area contributed by atoms with Gasteiger partial charge in [0.15, 0.2) is 5.15 Å². The Bertz CT molecular complexity index is 254. The second kappa shape index (κ2) is 3.26. The molecule has 0 amide bonds. The lowest BCUT2D eigenvalue weighted by Crippen LogP contribution is -1.95. The third-order valence-electron chi connectivity index (χ3n) is 1.25. The van der Waals surface area contributed by atoms with Crippen molar-refractivity contribution in [2.75, 3.05) is 5.48 Å². The minimum Gasteiger partial charge on any atom is -0.291 e. The van der Waals surface area contributed by atoms with Gasteiger partial charge in [-0.05, 0) is 18.6 Å². The summed E-state index contributed by atoms with van der Waals surface area (Å²) in [6, 6.07) is 1.60. The molecule has 11 heavy (non-hydrogen) atoms. The van der Waals surface area contributed by atoms with Gasteiger partial charge < -0.3 is 0 Å². The highest BCUT2D eigenvalue weighted by molar-refractivity contribution is 6.34. The van der Waals surface area contributed by atoms with Crippen LogP contribution < -0.4 is 5.48 Å². The molecule has 0 radical (unpaired) electrons. The Hall–Kier alpha value is -0.510. The Morgan fingerprint density at radius 2 is 2.18 bits per heavy atom. The Morgan fingerprint density at radius 1 is 1.55 bits per heavy atom. The van der Waals surface area contributed by atoms with Crippen LogP contribution in [0.25, 0.3) is 0 Å². The number of nitrogens with zero attached hydrogens (tertiary/aromatic N) is 1. The number of halogens is 2. The van der Waals surface area contributed by atoms with E-state index in [1.165, 1.54) is 0 Å².